The van der Waals surface area contributed by atoms with E-state index in [4.69, 9.17) is 4.42 Å². The van der Waals surface area contributed by atoms with Crippen molar-refractivity contribution in [1.82, 2.24) is 15.3 Å². The lowest BCUT2D eigenvalue weighted by Gasteiger charge is -2.21. The summed E-state index contributed by atoms with van der Waals surface area (Å²) < 4.78 is 5.41. The molecule has 0 bridgehead atoms. The van der Waals surface area contributed by atoms with Crippen molar-refractivity contribution >= 4 is 0 Å². The van der Waals surface area contributed by atoms with Gasteiger partial charge in [0, 0.05) is 12.1 Å². The molecule has 1 aliphatic heterocycles. The first kappa shape index (κ1) is 11.5. The molecule has 4 heteroatoms. The number of hydrogen-bond donors (Lipinski definition) is 2. The van der Waals surface area contributed by atoms with Crippen molar-refractivity contribution in [3.8, 4) is 11.5 Å². The molecule has 1 saturated heterocycles. The Hall–Kier alpha value is -1.55. The lowest BCUT2D eigenvalue weighted by atomic mass is 9.94. The van der Waals surface area contributed by atoms with Crippen LogP contribution in [0, 0.1) is 12.8 Å². The minimum Gasteiger partial charge on any atom is -0.463 e. The van der Waals surface area contributed by atoms with Crippen LogP contribution in [0.3, 0.4) is 0 Å². The highest BCUT2D eigenvalue weighted by Gasteiger charge is 2.17. The van der Waals surface area contributed by atoms with Gasteiger partial charge < -0.3 is 14.7 Å². The lowest BCUT2D eigenvalue weighted by molar-refractivity contribution is 0.368. The average molecular weight is 245 g/mol. The van der Waals surface area contributed by atoms with E-state index in [0.717, 1.165) is 48.4 Å². The molecule has 0 amide bonds. The Balaban J connectivity index is 1.75. The molecule has 1 fully saturated rings. The highest BCUT2D eigenvalue weighted by Crippen LogP contribution is 2.23. The van der Waals surface area contributed by atoms with Gasteiger partial charge in [-0.25, -0.2) is 4.98 Å². The van der Waals surface area contributed by atoms with Gasteiger partial charge >= 0.3 is 0 Å². The first-order valence-corrected chi connectivity index (χ1v) is 6.63. The van der Waals surface area contributed by atoms with Gasteiger partial charge in [0.2, 0.25) is 0 Å². The van der Waals surface area contributed by atoms with E-state index in [0.29, 0.717) is 0 Å². The summed E-state index contributed by atoms with van der Waals surface area (Å²) in [5, 5.41) is 3.39. The molecule has 2 aromatic rings. The molecule has 0 unspecified atom stereocenters. The standard InChI is InChI=1S/C14H19N3O/c1-10-14(12-3-2-8-18-12)17-13(16-10)9-11-4-6-15-7-5-11/h2-3,8,11,15H,4-7,9H2,1H3,(H,16,17). The molecule has 1 aliphatic rings. The summed E-state index contributed by atoms with van der Waals surface area (Å²) in [6.45, 7) is 4.32. The monoisotopic (exact) mass is 245 g/mol. The highest BCUT2D eigenvalue weighted by molar-refractivity contribution is 5.55. The van der Waals surface area contributed by atoms with Crippen LogP contribution in [0.15, 0.2) is 22.8 Å². The van der Waals surface area contributed by atoms with E-state index in [2.05, 4.69) is 22.2 Å². The number of nitrogens with one attached hydrogen (secondary N) is 2. The molecule has 2 N–H and O–H groups in total. The van der Waals surface area contributed by atoms with Crippen molar-refractivity contribution in [3.05, 3.63) is 29.9 Å². The number of H-pyrrole nitrogens is 1. The smallest absolute Gasteiger partial charge is 0.154 e. The van der Waals surface area contributed by atoms with Crippen LogP contribution < -0.4 is 5.32 Å². The van der Waals surface area contributed by atoms with E-state index in [9.17, 15) is 0 Å². The van der Waals surface area contributed by atoms with Crippen molar-refractivity contribution < 1.29 is 4.42 Å². The maximum Gasteiger partial charge on any atom is 0.154 e. The van der Waals surface area contributed by atoms with Gasteiger partial charge in [-0.3, -0.25) is 0 Å². The molecule has 3 rings (SSSR count). The van der Waals surface area contributed by atoms with Gasteiger partial charge in [-0.2, -0.15) is 0 Å². The van der Waals surface area contributed by atoms with Crippen molar-refractivity contribution in [2.24, 2.45) is 5.92 Å². The summed E-state index contributed by atoms with van der Waals surface area (Å²) in [6.07, 6.45) is 5.23. The number of imidazole rings is 1. The van der Waals surface area contributed by atoms with Crippen LogP contribution in [0.1, 0.15) is 24.4 Å². The Kier molecular flexibility index (Phi) is 3.19. The number of aromatic nitrogens is 2. The number of hydrogen-bond acceptors (Lipinski definition) is 3. The molecule has 0 spiro atoms. The largest absolute Gasteiger partial charge is 0.463 e. The van der Waals surface area contributed by atoms with Gasteiger partial charge in [-0.15, -0.1) is 0 Å². The first-order valence-electron chi connectivity index (χ1n) is 6.63. The zero-order valence-corrected chi connectivity index (χ0v) is 10.7. The number of aromatic amines is 1. The second kappa shape index (κ2) is 4.98. The topological polar surface area (TPSA) is 53.9 Å². The second-order valence-corrected chi connectivity index (χ2v) is 5.03. The Morgan fingerprint density at radius 3 is 2.94 bits per heavy atom. The van der Waals surface area contributed by atoms with E-state index in [1.54, 1.807) is 6.26 Å². The van der Waals surface area contributed by atoms with Gasteiger partial charge in [0.05, 0.1) is 6.26 Å². The molecule has 0 atom stereocenters. The minimum absolute atomic E-state index is 0.751. The summed E-state index contributed by atoms with van der Waals surface area (Å²) in [5.74, 6) is 2.69. The average Bonchev–Trinajstić information content (AvgIpc) is 3.00. The summed E-state index contributed by atoms with van der Waals surface area (Å²) in [6, 6.07) is 3.85. The van der Waals surface area contributed by atoms with Gasteiger partial charge in [0.25, 0.3) is 0 Å². The fourth-order valence-electron chi connectivity index (χ4n) is 2.63. The minimum atomic E-state index is 0.751. The van der Waals surface area contributed by atoms with E-state index in [1.165, 1.54) is 12.8 Å². The summed E-state index contributed by atoms with van der Waals surface area (Å²) in [4.78, 5) is 8.07. The van der Waals surface area contributed by atoms with Gasteiger partial charge in [0.15, 0.2) is 5.76 Å². The zero-order chi connectivity index (χ0) is 12.4. The maximum atomic E-state index is 5.41. The molecule has 0 aromatic carbocycles. The predicted molar refractivity (Wildman–Crippen MR) is 70.3 cm³/mol. The van der Waals surface area contributed by atoms with Crippen molar-refractivity contribution in [2.75, 3.05) is 13.1 Å². The van der Waals surface area contributed by atoms with Crippen LogP contribution in [0.25, 0.3) is 11.5 Å². The van der Waals surface area contributed by atoms with Crippen LogP contribution in [-0.4, -0.2) is 23.1 Å². The fourth-order valence-corrected chi connectivity index (χ4v) is 2.63. The number of nitrogens with zero attached hydrogens (tertiary/aromatic N) is 1. The molecule has 3 heterocycles. The molecule has 18 heavy (non-hydrogen) atoms. The van der Waals surface area contributed by atoms with Gasteiger partial charge in [-0.05, 0) is 50.9 Å². The molecule has 0 radical (unpaired) electrons. The molecule has 4 nitrogen and oxygen atoms in total. The highest BCUT2D eigenvalue weighted by atomic mass is 16.3. The van der Waals surface area contributed by atoms with Crippen LogP contribution >= 0.6 is 0 Å². The maximum absolute atomic E-state index is 5.41. The van der Waals surface area contributed by atoms with Crippen LogP contribution in [0.5, 0.6) is 0 Å². The SMILES string of the molecule is Cc1[nH]c(CC2CCNCC2)nc1-c1ccco1. The molecule has 0 aliphatic carbocycles. The number of piperidine rings is 1. The molecular weight excluding hydrogens is 226 g/mol. The van der Waals surface area contributed by atoms with E-state index in [1.807, 2.05) is 12.1 Å². The summed E-state index contributed by atoms with van der Waals surface area (Å²) in [7, 11) is 0. The van der Waals surface area contributed by atoms with E-state index < -0.39 is 0 Å². The normalized spacial score (nSPS) is 17.2. The summed E-state index contributed by atoms with van der Waals surface area (Å²) in [5.41, 5.74) is 2.04. The number of rotatable bonds is 3. The fraction of sp³-hybridized carbons (Fsp3) is 0.500. The molecule has 0 saturated carbocycles. The van der Waals surface area contributed by atoms with E-state index in [-0.39, 0.29) is 0 Å². The van der Waals surface area contributed by atoms with Gasteiger partial charge in [0.1, 0.15) is 11.5 Å². The molecule has 2 aromatic heterocycles. The predicted octanol–water partition coefficient (Wildman–Crippen LogP) is 2.52. The van der Waals surface area contributed by atoms with Crippen LogP contribution in [0.4, 0.5) is 0 Å². The van der Waals surface area contributed by atoms with Crippen LogP contribution in [-0.2, 0) is 6.42 Å². The number of furan rings is 1. The third kappa shape index (κ3) is 2.34. The quantitative estimate of drug-likeness (QED) is 0.873. The Labute approximate surface area is 107 Å². The first-order chi connectivity index (χ1) is 8.83. The van der Waals surface area contributed by atoms with Crippen LogP contribution in [0.2, 0.25) is 0 Å². The zero-order valence-electron chi connectivity index (χ0n) is 10.7. The van der Waals surface area contributed by atoms with Crippen molar-refractivity contribution in [2.45, 2.75) is 26.2 Å². The Morgan fingerprint density at radius 2 is 2.22 bits per heavy atom. The Bertz CT molecular complexity index is 495. The third-order valence-electron chi connectivity index (χ3n) is 3.63. The molecule has 96 valence electrons. The second-order valence-electron chi connectivity index (χ2n) is 5.03. The van der Waals surface area contributed by atoms with Gasteiger partial charge in [-0.1, -0.05) is 0 Å². The molecular formula is C14H19N3O. The lowest BCUT2D eigenvalue weighted by Crippen LogP contribution is -2.28. The number of aryl methyl sites for hydroxylation is 1. The third-order valence-corrected chi connectivity index (χ3v) is 3.63. The van der Waals surface area contributed by atoms with Crippen molar-refractivity contribution in [1.29, 1.82) is 0 Å². The van der Waals surface area contributed by atoms with E-state index >= 15 is 0 Å². The van der Waals surface area contributed by atoms with Crippen molar-refractivity contribution in [3.63, 3.8) is 0 Å². The summed E-state index contributed by atoms with van der Waals surface area (Å²) >= 11 is 0. The Morgan fingerprint density at radius 1 is 1.39 bits per heavy atom.